The molecule has 2 aliphatic rings. The second-order valence-electron chi connectivity index (χ2n) is 5.68. The molecule has 0 atom stereocenters. The molecule has 0 heterocycles. The van der Waals surface area contributed by atoms with Crippen LogP contribution >= 0.6 is 0 Å². The number of Topliss-reactive ketones (excluding diaryl/α,β-unsaturated/α-hetero) is 2. The van der Waals surface area contributed by atoms with E-state index in [-0.39, 0.29) is 11.6 Å². The van der Waals surface area contributed by atoms with Gasteiger partial charge in [-0.25, -0.2) is 0 Å². The molecule has 0 aromatic heterocycles. The van der Waals surface area contributed by atoms with Crippen molar-refractivity contribution in [2.24, 2.45) is 0 Å². The molecule has 2 rings (SSSR count). The van der Waals surface area contributed by atoms with Gasteiger partial charge in [0, 0.05) is 17.6 Å². The van der Waals surface area contributed by atoms with E-state index in [9.17, 15) is 9.59 Å². The Kier molecular flexibility index (Phi) is 11.1. The summed E-state index contributed by atoms with van der Waals surface area (Å²) in [6.07, 6.45) is 20.8. The summed E-state index contributed by atoms with van der Waals surface area (Å²) in [5.41, 5.74) is 8.11. The van der Waals surface area contributed by atoms with Gasteiger partial charge in [-0.15, -0.1) is 18.6 Å². The van der Waals surface area contributed by atoms with Crippen LogP contribution in [0.5, 0.6) is 0 Å². The van der Waals surface area contributed by atoms with Gasteiger partial charge in [-0.3, -0.25) is 9.59 Å². The molecule has 2 heteroatoms. The summed E-state index contributed by atoms with van der Waals surface area (Å²) in [6, 6.07) is 0. The van der Waals surface area contributed by atoms with E-state index in [1.165, 1.54) is 0 Å². The summed E-state index contributed by atoms with van der Waals surface area (Å²) in [5.74, 6) is 0.0895. The van der Waals surface area contributed by atoms with E-state index < -0.39 is 0 Å². The summed E-state index contributed by atoms with van der Waals surface area (Å²) in [5, 5.41) is 0. The largest absolute Gasteiger partial charge is 0.295 e. The van der Waals surface area contributed by atoms with Gasteiger partial charge in [0.25, 0.3) is 0 Å². The smallest absolute Gasteiger partial charge is 0.189 e. The normalized spacial score (nSPS) is 15.3. The molecule has 0 aliphatic heterocycles. The highest BCUT2D eigenvalue weighted by atomic mass is 16.1. The molecular weight excluding hydrogens is 332 g/mol. The van der Waals surface area contributed by atoms with Gasteiger partial charge in [0.2, 0.25) is 0 Å². The average molecular weight is 363 g/mol. The van der Waals surface area contributed by atoms with Gasteiger partial charge >= 0.3 is 0 Å². The second-order valence-corrected chi connectivity index (χ2v) is 5.68. The minimum absolute atomic E-state index is 0.0378. The number of carbonyl (C=O) groups is 2. The van der Waals surface area contributed by atoms with Gasteiger partial charge in [0.05, 0.1) is 0 Å². The minimum Gasteiger partial charge on any atom is -0.295 e. The molecule has 0 aromatic rings. The first-order chi connectivity index (χ1) is 13.0. The highest BCUT2D eigenvalue weighted by Gasteiger charge is 2.29. The van der Waals surface area contributed by atoms with Crippen molar-refractivity contribution in [3.63, 3.8) is 0 Å². The zero-order valence-electron chi connectivity index (χ0n) is 17.3. The van der Waals surface area contributed by atoms with Gasteiger partial charge in [0.1, 0.15) is 0 Å². The highest BCUT2D eigenvalue weighted by molar-refractivity contribution is 6.14. The Labute approximate surface area is 164 Å². The standard InChI is InChI=1S/C21H22O2.C2H6.C2H2/c1-5-7-9-17-14(3)21(23)19(10-8-6-2)20-13-16(15(4)22)11-12-18(17)20;2*1-2/h5,8-12H,6,13H2,1-4H3;1-2H3;1-2H/b10-8-;;. The van der Waals surface area contributed by atoms with Crippen molar-refractivity contribution in [1.82, 2.24) is 0 Å². The first-order valence-corrected chi connectivity index (χ1v) is 9.29. The number of hydrogen-bond donors (Lipinski definition) is 0. The Hall–Kier alpha value is -2.88. The fourth-order valence-electron chi connectivity index (χ4n) is 2.79. The Morgan fingerprint density at radius 3 is 2.37 bits per heavy atom. The van der Waals surface area contributed by atoms with Crippen molar-refractivity contribution in [3.05, 3.63) is 75.6 Å². The van der Waals surface area contributed by atoms with Crippen LogP contribution in [0.3, 0.4) is 0 Å². The number of rotatable bonds is 4. The van der Waals surface area contributed by atoms with Crippen LogP contribution in [0.15, 0.2) is 75.6 Å². The lowest BCUT2D eigenvalue weighted by Gasteiger charge is -2.26. The number of hydrogen-bond acceptors (Lipinski definition) is 2. The third kappa shape index (κ3) is 5.81. The number of allylic oxidation sites excluding steroid dienone is 11. The first-order valence-electron chi connectivity index (χ1n) is 9.29. The molecule has 2 aliphatic carbocycles. The molecule has 0 bridgehead atoms. The van der Waals surface area contributed by atoms with Gasteiger partial charge in [-0.1, -0.05) is 45.1 Å². The predicted molar refractivity (Wildman–Crippen MR) is 115 cm³/mol. The van der Waals surface area contributed by atoms with E-state index in [1.807, 2.05) is 71.1 Å². The number of terminal acetylenes is 1. The van der Waals surface area contributed by atoms with E-state index in [0.29, 0.717) is 12.0 Å². The molecule has 0 spiro atoms. The topological polar surface area (TPSA) is 34.1 Å². The third-order valence-corrected chi connectivity index (χ3v) is 4.11. The van der Waals surface area contributed by atoms with E-state index >= 15 is 0 Å². The lowest BCUT2D eigenvalue weighted by Crippen LogP contribution is -2.18. The molecule has 0 N–H and O–H groups in total. The van der Waals surface area contributed by atoms with Gasteiger partial charge < -0.3 is 0 Å². The molecule has 142 valence electrons. The zero-order chi connectivity index (χ0) is 21.0. The fraction of sp³-hybridized carbons (Fsp3) is 0.320. The first kappa shape index (κ1) is 24.1. The van der Waals surface area contributed by atoms with Crippen LogP contribution in [0.25, 0.3) is 0 Å². The van der Waals surface area contributed by atoms with Crippen molar-refractivity contribution < 1.29 is 9.59 Å². The second kappa shape index (κ2) is 12.5. The highest BCUT2D eigenvalue weighted by Crippen LogP contribution is 2.39. The summed E-state index contributed by atoms with van der Waals surface area (Å²) in [6.45, 7) is 11.4. The van der Waals surface area contributed by atoms with E-state index in [1.54, 1.807) is 6.92 Å². The van der Waals surface area contributed by atoms with Crippen molar-refractivity contribution in [2.45, 2.75) is 54.4 Å². The van der Waals surface area contributed by atoms with Gasteiger partial charge in [-0.2, -0.15) is 0 Å². The van der Waals surface area contributed by atoms with Crippen LogP contribution < -0.4 is 0 Å². The number of fused-ring (bicyclic) bond motifs is 1. The summed E-state index contributed by atoms with van der Waals surface area (Å²) in [7, 11) is 0. The van der Waals surface area contributed by atoms with Crippen LogP contribution in [0.2, 0.25) is 0 Å². The van der Waals surface area contributed by atoms with Crippen LogP contribution in [0.1, 0.15) is 54.4 Å². The number of ketones is 2. The molecule has 0 fully saturated rings. The van der Waals surface area contributed by atoms with E-state index in [0.717, 1.165) is 34.3 Å². The summed E-state index contributed by atoms with van der Waals surface area (Å²) < 4.78 is 0. The Balaban J connectivity index is 0.00000158. The fourth-order valence-corrected chi connectivity index (χ4v) is 2.79. The molecule has 0 amide bonds. The SMILES string of the molecule is C#C.CC.CC=C=CC1=C(C)C(=O)C(/C=C\CC)=C2CC(C(C)=O)=CC=C12. The van der Waals surface area contributed by atoms with Gasteiger partial charge in [-0.05, 0) is 61.6 Å². The molecule has 0 aromatic carbocycles. The third-order valence-electron chi connectivity index (χ3n) is 4.11. The van der Waals surface area contributed by atoms with Crippen molar-refractivity contribution in [3.8, 4) is 12.8 Å². The monoisotopic (exact) mass is 362 g/mol. The van der Waals surface area contributed by atoms with Crippen molar-refractivity contribution in [1.29, 1.82) is 0 Å². The molecule has 27 heavy (non-hydrogen) atoms. The van der Waals surface area contributed by atoms with Crippen LogP contribution in [0.4, 0.5) is 0 Å². The lowest BCUT2D eigenvalue weighted by molar-refractivity contribution is -0.114. The molecule has 0 unspecified atom stereocenters. The quantitative estimate of drug-likeness (QED) is 0.454. The molecular formula is C25H30O2. The maximum atomic E-state index is 12.8. The Morgan fingerprint density at radius 1 is 1.22 bits per heavy atom. The van der Waals surface area contributed by atoms with Gasteiger partial charge in [0.15, 0.2) is 11.6 Å². The molecule has 0 saturated heterocycles. The molecule has 2 nitrogen and oxygen atoms in total. The van der Waals surface area contributed by atoms with Crippen LogP contribution in [-0.4, -0.2) is 11.6 Å². The van der Waals surface area contributed by atoms with Crippen LogP contribution in [-0.2, 0) is 9.59 Å². The minimum atomic E-state index is 0.0378. The maximum absolute atomic E-state index is 12.8. The Bertz CT molecular complexity index is 812. The molecule has 0 radical (unpaired) electrons. The zero-order valence-corrected chi connectivity index (χ0v) is 17.3. The van der Waals surface area contributed by atoms with E-state index in [4.69, 9.17) is 0 Å². The van der Waals surface area contributed by atoms with Crippen molar-refractivity contribution in [2.75, 3.05) is 0 Å². The maximum Gasteiger partial charge on any atom is 0.189 e. The number of carbonyl (C=O) groups excluding carboxylic acids is 2. The molecule has 0 saturated carbocycles. The predicted octanol–water partition coefficient (Wildman–Crippen LogP) is 6.00. The summed E-state index contributed by atoms with van der Waals surface area (Å²) in [4.78, 5) is 24.5. The lowest BCUT2D eigenvalue weighted by atomic mass is 9.76. The Morgan fingerprint density at radius 2 is 1.85 bits per heavy atom. The summed E-state index contributed by atoms with van der Waals surface area (Å²) >= 11 is 0. The van der Waals surface area contributed by atoms with Crippen molar-refractivity contribution >= 4 is 11.6 Å². The van der Waals surface area contributed by atoms with Crippen LogP contribution in [0, 0.1) is 12.8 Å². The average Bonchev–Trinajstić information content (AvgIpc) is 2.71. The van der Waals surface area contributed by atoms with E-state index in [2.05, 4.69) is 18.6 Å².